The van der Waals surface area contributed by atoms with Crippen molar-refractivity contribution in [1.82, 2.24) is 15.0 Å². The first-order valence-corrected chi connectivity index (χ1v) is 13.9. The van der Waals surface area contributed by atoms with Crippen molar-refractivity contribution in [2.24, 2.45) is 5.92 Å². The van der Waals surface area contributed by atoms with Crippen LogP contribution in [0.3, 0.4) is 0 Å². The molecule has 4 rings (SSSR count). The number of hydrogen-bond acceptors (Lipinski definition) is 8. The number of esters is 2. The van der Waals surface area contributed by atoms with Crippen LogP contribution in [0.2, 0.25) is 5.02 Å². The molecule has 13 heteroatoms. The van der Waals surface area contributed by atoms with Crippen molar-refractivity contribution < 1.29 is 37.0 Å². The molecule has 0 N–H and O–H groups in total. The Hall–Kier alpha value is -3.09. The minimum absolute atomic E-state index is 0.0199. The van der Waals surface area contributed by atoms with E-state index in [0.717, 1.165) is 17.7 Å². The van der Waals surface area contributed by atoms with Crippen molar-refractivity contribution in [3.05, 3.63) is 70.6 Å². The summed E-state index contributed by atoms with van der Waals surface area (Å²) in [4.78, 5) is 23.7. The lowest BCUT2D eigenvalue weighted by Gasteiger charge is -2.44. The first-order valence-electron chi connectivity index (χ1n) is 12.4. The molecular weight excluding hydrogens is 571 g/mol. The number of thioether (sulfide) groups is 1. The van der Waals surface area contributed by atoms with E-state index in [4.69, 9.17) is 25.8 Å². The molecule has 0 bridgehead atoms. The smallest absolute Gasteiger partial charge is 0.303 e. The molecule has 1 aromatic heterocycles. The summed E-state index contributed by atoms with van der Waals surface area (Å²) >= 11 is 7.81. The van der Waals surface area contributed by atoms with Gasteiger partial charge in [0.2, 0.25) is 0 Å². The highest BCUT2D eigenvalue weighted by Crippen LogP contribution is 2.41. The van der Waals surface area contributed by atoms with Gasteiger partial charge in [-0.1, -0.05) is 41.9 Å². The van der Waals surface area contributed by atoms with E-state index in [1.54, 1.807) is 0 Å². The minimum Gasteiger partial charge on any atom is -0.463 e. The second-order valence-electron chi connectivity index (χ2n) is 9.32. The van der Waals surface area contributed by atoms with Crippen LogP contribution < -0.4 is 0 Å². The molecule has 0 spiro atoms. The van der Waals surface area contributed by atoms with Gasteiger partial charge in [-0.3, -0.25) is 9.59 Å². The van der Waals surface area contributed by atoms with Crippen molar-refractivity contribution >= 4 is 35.3 Å². The number of carbonyl (C=O) groups is 2. The molecule has 3 aromatic rings. The summed E-state index contributed by atoms with van der Waals surface area (Å²) in [6.07, 6.45) is 0.311. The zero-order chi connectivity index (χ0) is 29.0. The van der Waals surface area contributed by atoms with E-state index in [9.17, 15) is 22.8 Å². The van der Waals surface area contributed by atoms with Gasteiger partial charge in [-0.05, 0) is 35.9 Å². The van der Waals surface area contributed by atoms with Crippen LogP contribution in [0, 0.1) is 23.4 Å². The van der Waals surface area contributed by atoms with E-state index in [1.165, 1.54) is 36.5 Å². The van der Waals surface area contributed by atoms with Gasteiger partial charge in [0, 0.05) is 30.4 Å². The summed E-state index contributed by atoms with van der Waals surface area (Å²) in [7, 11) is 0. The Bertz CT molecular complexity index is 1350. The average Bonchev–Trinajstić information content (AvgIpc) is 3.38. The fourth-order valence-electron chi connectivity index (χ4n) is 4.55. The van der Waals surface area contributed by atoms with Gasteiger partial charge in [-0.2, -0.15) is 0 Å². The maximum absolute atomic E-state index is 13.9. The summed E-state index contributed by atoms with van der Waals surface area (Å²) in [5, 5.41) is 8.84. The van der Waals surface area contributed by atoms with Gasteiger partial charge in [-0.15, -0.1) is 16.9 Å². The van der Waals surface area contributed by atoms with Gasteiger partial charge >= 0.3 is 11.9 Å². The number of rotatable bonds is 9. The molecular formula is C27H27ClF3N3O5S. The fraction of sp³-hybridized carbons (Fsp3) is 0.407. The Kier molecular flexibility index (Phi) is 9.75. The van der Waals surface area contributed by atoms with E-state index in [-0.39, 0.29) is 23.8 Å². The molecule has 0 aliphatic carbocycles. The van der Waals surface area contributed by atoms with E-state index in [1.807, 2.05) is 31.2 Å². The highest BCUT2D eigenvalue weighted by Gasteiger charge is 2.48. The highest BCUT2D eigenvalue weighted by atomic mass is 35.5. The number of aromatic nitrogens is 3. The van der Waals surface area contributed by atoms with Gasteiger partial charge < -0.3 is 14.2 Å². The first kappa shape index (κ1) is 29.9. The molecule has 0 radical (unpaired) electrons. The monoisotopic (exact) mass is 597 g/mol. The van der Waals surface area contributed by atoms with Gasteiger partial charge in [0.1, 0.15) is 23.8 Å². The van der Waals surface area contributed by atoms with Crippen LogP contribution in [-0.4, -0.2) is 56.9 Å². The Labute approximate surface area is 238 Å². The van der Waals surface area contributed by atoms with Crippen molar-refractivity contribution in [3.8, 4) is 11.3 Å². The third-order valence-corrected chi connectivity index (χ3v) is 8.12. The predicted octanol–water partition coefficient (Wildman–Crippen LogP) is 5.39. The van der Waals surface area contributed by atoms with Crippen molar-refractivity contribution in [2.45, 2.75) is 50.9 Å². The Morgan fingerprint density at radius 3 is 2.48 bits per heavy atom. The second-order valence-corrected chi connectivity index (χ2v) is 10.9. The second kappa shape index (κ2) is 13.0. The molecule has 2 aromatic carbocycles. The Morgan fingerprint density at radius 1 is 1.12 bits per heavy atom. The van der Waals surface area contributed by atoms with Gasteiger partial charge in [0.05, 0.1) is 12.2 Å². The van der Waals surface area contributed by atoms with Crippen LogP contribution >= 0.6 is 23.4 Å². The van der Waals surface area contributed by atoms with Crippen LogP contribution in [0.15, 0.2) is 42.6 Å². The van der Waals surface area contributed by atoms with Gasteiger partial charge in [0.25, 0.3) is 0 Å². The predicted molar refractivity (Wildman–Crippen MR) is 142 cm³/mol. The summed E-state index contributed by atoms with van der Waals surface area (Å²) in [6, 6.07) is 8.49. The van der Waals surface area contributed by atoms with Crippen molar-refractivity contribution in [2.75, 3.05) is 12.4 Å². The third kappa shape index (κ3) is 6.97. The number of aryl methyl sites for hydroxylation is 1. The largest absolute Gasteiger partial charge is 0.463 e. The molecule has 0 saturated carbocycles. The van der Waals surface area contributed by atoms with E-state index >= 15 is 0 Å². The van der Waals surface area contributed by atoms with Crippen LogP contribution in [0.5, 0.6) is 0 Å². The van der Waals surface area contributed by atoms with Crippen molar-refractivity contribution in [1.29, 1.82) is 0 Å². The van der Waals surface area contributed by atoms with E-state index in [0.29, 0.717) is 17.2 Å². The third-order valence-electron chi connectivity index (χ3n) is 6.44. The number of halogens is 4. The molecule has 8 nitrogen and oxygen atoms in total. The summed E-state index contributed by atoms with van der Waals surface area (Å²) < 4.78 is 59.8. The molecule has 1 aliphatic heterocycles. The SMILES string of the molecule is CC(=O)OCC1O[C@H](SCCc2ccccc2Cl)C(C)[C@@H](n2cc(-c3cc(F)c(F)c(F)c3)nn2)[C@H]1OC(C)=O. The van der Waals surface area contributed by atoms with Crippen molar-refractivity contribution in [3.63, 3.8) is 0 Å². The molecule has 2 unspecified atom stereocenters. The van der Waals surface area contributed by atoms with E-state index in [2.05, 4.69) is 10.3 Å². The molecule has 2 heterocycles. The topological polar surface area (TPSA) is 92.5 Å². The number of ether oxygens (including phenoxy) is 3. The lowest BCUT2D eigenvalue weighted by Crippen LogP contribution is -2.53. The Balaban J connectivity index is 1.64. The standard InChI is InChI=1S/C27H27ClF3N3O5S/c1-14-25(34-12-22(32-33-34)18-10-20(29)24(31)21(30)11-18)26(38-16(3)36)23(13-37-15(2)35)39-27(14)40-9-8-17-6-4-5-7-19(17)28/h4-7,10-12,14,23,25-27H,8-9,13H2,1-3H3/t14?,23?,25-,26+,27-/m1/s1. The fourth-order valence-corrected chi connectivity index (χ4v) is 6.04. The number of hydrogen-bond donors (Lipinski definition) is 0. The molecule has 5 atom stereocenters. The zero-order valence-electron chi connectivity index (χ0n) is 21.9. The minimum atomic E-state index is -1.59. The van der Waals surface area contributed by atoms with Crippen LogP contribution in [-0.2, 0) is 30.2 Å². The zero-order valence-corrected chi connectivity index (χ0v) is 23.4. The maximum atomic E-state index is 13.9. The van der Waals surface area contributed by atoms with E-state index < -0.39 is 53.1 Å². The summed E-state index contributed by atoms with van der Waals surface area (Å²) in [6.45, 7) is 4.19. The summed E-state index contributed by atoms with van der Waals surface area (Å²) in [5.41, 5.74) is 0.588. The highest BCUT2D eigenvalue weighted by molar-refractivity contribution is 7.99. The number of nitrogens with zero attached hydrogens (tertiary/aromatic N) is 3. The van der Waals surface area contributed by atoms with Crippen LogP contribution in [0.1, 0.15) is 32.4 Å². The lowest BCUT2D eigenvalue weighted by molar-refractivity contribution is -0.191. The average molecular weight is 598 g/mol. The lowest BCUT2D eigenvalue weighted by atomic mass is 9.90. The molecule has 214 valence electrons. The van der Waals surface area contributed by atoms with Crippen LogP contribution in [0.4, 0.5) is 13.2 Å². The normalized spacial score (nSPS) is 22.6. The first-order chi connectivity index (χ1) is 19.0. The van der Waals surface area contributed by atoms with Gasteiger partial charge in [-0.25, -0.2) is 17.9 Å². The number of carbonyl (C=O) groups excluding carboxylic acids is 2. The molecule has 1 aliphatic rings. The van der Waals surface area contributed by atoms with Gasteiger partial charge in [0.15, 0.2) is 23.6 Å². The molecule has 1 fully saturated rings. The Morgan fingerprint density at radius 2 is 1.82 bits per heavy atom. The number of benzene rings is 2. The molecule has 40 heavy (non-hydrogen) atoms. The molecule has 0 amide bonds. The summed E-state index contributed by atoms with van der Waals surface area (Å²) in [5.74, 6) is -5.13. The van der Waals surface area contributed by atoms with Crippen LogP contribution in [0.25, 0.3) is 11.3 Å². The quantitative estimate of drug-likeness (QED) is 0.240. The molecule has 1 saturated heterocycles. The maximum Gasteiger partial charge on any atom is 0.303 e.